The second-order valence-electron chi connectivity index (χ2n) is 4.98. The Morgan fingerprint density at radius 2 is 1.88 bits per heavy atom. The van der Waals surface area contributed by atoms with Crippen molar-refractivity contribution >= 4 is 19.5 Å². The fourth-order valence-corrected chi connectivity index (χ4v) is 5.56. The molecule has 2 heteroatoms. The third-order valence-electron chi connectivity index (χ3n) is 3.56. The van der Waals surface area contributed by atoms with Crippen molar-refractivity contribution in [2.24, 2.45) is 0 Å². The highest BCUT2D eigenvalue weighted by Crippen LogP contribution is 2.29. The van der Waals surface area contributed by atoms with Crippen LogP contribution >= 0.6 is 0 Å². The molecule has 1 nitrogen and oxygen atoms in total. The predicted molar refractivity (Wildman–Crippen MR) is 72.9 cm³/mol. The van der Waals surface area contributed by atoms with E-state index in [-0.39, 0.29) is 0 Å². The molecule has 0 aliphatic heterocycles. The first kappa shape index (κ1) is 13.2. The SMILES string of the molecule is CCC[C@H](CC=O)[Si](C)(C)c1ccccc1. The van der Waals surface area contributed by atoms with Gasteiger partial charge in [0.25, 0.3) is 0 Å². The van der Waals surface area contributed by atoms with Crippen molar-refractivity contribution in [3.8, 4) is 0 Å². The van der Waals surface area contributed by atoms with E-state index >= 15 is 0 Å². The highest BCUT2D eigenvalue weighted by atomic mass is 28.3. The van der Waals surface area contributed by atoms with Gasteiger partial charge < -0.3 is 4.79 Å². The first-order valence-electron chi connectivity index (χ1n) is 6.12. The van der Waals surface area contributed by atoms with Crippen LogP contribution in [0.15, 0.2) is 30.3 Å². The molecule has 0 fully saturated rings. The highest BCUT2D eigenvalue weighted by Gasteiger charge is 2.32. The molecule has 1 aromatic carbocycles. The number of aldehydes is 1. The Balaban J connectivity index is 2.92. The molecule has 0 aliphatic carbocycles. The number of carbonyl (C=O) groups is 1. The normalized spacial score (nSPS) is 13.4. The van der Waals surface area contributed by atoms with Gasteiger partial charge in [-0.2, -0.15) is 0 Å². The fraction of sp³-hybridized carbons (Fsp3) is 0.500. The average Bonchev–Trinajstić information content (AvgIpc) is 2.30. The second kappa shape index (κ2) is 5.99. The third kappa shape index (κ3) is 3.05. The van der Waals surface area contributed by atoms with Gasteiger partial charge in [0.15, 0.2) is 0 Å². The van der Waals surface area contributed by atoms with Crippen molar-refractivity contribution in [2.45, 2.75) is 44.8 Å². The van der Waals surface area contributed by atoms with Crippen LogP contribution in [0, 0.1) is 0 Å². The van der Waals surface area contributed by atoms with Crippen LogP contribution in [-0.2, 0) is 4.79 Å². The van der Waals surface area contributed by atoms with Crippen LogP contribution in [0.3, 0.4) is 0 Å². The predicted octanol–water partition coefficient (Wildman–Crippen LogP) is 3.36. The molecule has 0 amide bonds. The van der Waals surface area contributed by atoms with Gasteiger partial charge in [-0.25, -0.2) is 0 Å². The molecule has 0 N–H and O–H groups in total. The summed E-state index contributed by atoms with van der Waals surface area (Å²) in [6.45, 7) is 6.96. The Hall–Kier alpha value is -0.893. The van der Waals surface area contributed by atoms with E-state index in [1.807, 2.05) is 0 Å². The maximum absolute atomic E-state index is 10.8. The van der Waals surface area contributed by atoms with Gasteiger partial charge in [0.1, 0.15) is 6.29 Å². The van der Waals surface area contributed by atoms with E-state index < -0.39 is 8.07 Å². The van der Waals surface area contributed by atoms with Crippen molar-refractivity contribution in [1.82, 2.24) is 0 Å². The Bertz CT molecular complexity index is 319. The van der Waals surface area contributed by atoms with E-state index in [2.05, 4.69) is 50.3 Å². The number of rotatable bonds is 6. The highest BCUT2D eigenvalue weighted by molar-refractivity contribution is 6.91. The summed E-state index contributed by atoms with van der Waals surface area (Å²) in [4.78, 5) is 10.8. The maximum atomic E-state index is 10.8. The lowest BCUT2D eigenvalue weighted by Gasteiger charge is -2.31. The molecule has 0 saturated carbocycles. The molecule has 1 rings (SSSR count). The van der Waals surface area contributed by atoms with Gasteiger partial charge in [-0.15, -0.1) is 0 Å². The van der Waals surface area contributed by atoms with Crippen LogP contribution in [0.5, 0.6) is 0 Å². The van der Waals surface area contributed by atoms with Crippen molar-refractivity contribution in [1.29, 1.82) is 0 Å². The van der Waals surface area contributed by atoms with E-state index in [1.54, 1.807) is 0 Å². The first-order chi connectivity index (χ1) is 7.62. The van der Waals surface area contributed by atoms with E-state index in [9.17, 15) is 4.79 Å². The molecule has 0 radical (unpaired) electrons. The molecule has 88 valence electrons. The lowest BCUT2D eigenvalue weighted by Crippen LogP contribution is -2.46. The van der Waals surface area contributed by atoms with Crippen molar-refractivity contribution < 1.29 is 4.79 Å². The van der Waals surface area contributed by atoms with Crippen LogP contribution in [0.2, 0.25) is 18.6 Å². The molecule has 0 aliphatic rings. The van der Waals surface area contributed by atoms with Crippen LogP contribution in [-0.4, -0.2) is 14.4 Å². The van der Waals surface area contributed by atoms with Gasteiger partial charge in [-0.05, 0) is 5.54 Å². The lowest BCUT2D eigenvalue weighted by molar-refractivity contribution is -0.107. The Morgan fingerprint density at radius 1 is 1.25 bits per heavy atom. The zero-order valence-electron chi connectivity index (χ0n) is 10.6. The Kier molecular flexibility index (Phi) is 4.94. The summed E-state index contributed by atoms with van der Waals surface area (Å²) in [5.74, 6) is 0. The summed E-state index contributed by atoms with van der Waals surface area (Å²) in [7, 11) is -1.48. The second-order valence-corrected chi connectivity index (χ2v) is 9.81. The molecular formula is C14H22OSi. The van der Waals surface area contributed by atoms with E-state index in [4.69, 9.17) is 0 Å². The third-order valence-corrected chi connectivity index (χ3v) is 7.94. The molecule has 0 spiro atoms. The summed E-state index contributed by atoms with van der Waals surface area (Å²) in [5, 5.41) is 1.47. The molecule has 1 aromatic rings. The molecule has 0 unspecified atom stereocenters. The minimum atomic E-state index is -1.48. The number of benzene rings is 1. The molecule has 0 saturated heterocycles. The minimum absolute atomic E-state index is 0.581. The van der Waals surface area contributed by atoms with E-state index in [0.717, 1.165) is 12.7 Å². The number of hydrogen-bond acceptors (Lipinski definition) is 1. The van der Waals surface area contributed by atoms with Crippen molar-refractivity contribution in [2.75, 3.05) is 0 Å². The first-order valence-corrected chi connectivity index (χ1v) is 9.19. The van der Waals surface area contributed by atoms with Crippen LogP contribution in [0.25, 0.3) is 0 Å². The monoisotopic (exact) mass is 234 g/mol. The average molecular weight is 234 g/mol. The molecule has 0 bridgehead atoms. The van der Waals surface area contributed by atoms with Gasteiger partial charge >= 0.3 is 0 Å². The summed E-state index contributed by atoms with van der Waals surface area (Å²) in [6.07, 6.45) is 4.16. The fourth-order valence-electron chi connectivity index (χ4n) is 2.34. The Labute approximate surface area is 99.9 Å². The number of carbonyl (C=O) groups excluding carboxylic acids is 1. The van der Waals surface area contributed by atoms with Crippen LogP contribution in [0.4, 0.5) is 0 Å². The summed E-state index contributed by atoms with van der Waals surface area (Å²) >= 11 is 0. The van der Waals surface area contributed by atoms with Gasteiger partial charge in [0.2, 0.25) is 0 Å². The van der Waals surface area contributed by atoms with Gasteiger partial charge in [-0.3, -0.25) is 0 Å². The van der Waals surface area contributed by atoms with Gasteiger partial charge in [0.05, 0.1) is 8.07 Å². The van der Waals surface area contributed by atoms with Crippen molar-refractivity contribution in [3.63, 3.8) is 0 Å². The smallest absolute Gasteiger partial charge is 0.119 e. The molecule has 1 atom stereocenters. The standard InChI is InChI=1S/C14H22OSi/c1-4-8-13(11-12-15)16(2,3)14-9-6-5-7-10-14/h5-7,9-10,12-13H,4,8,11H2,1-3H3/t13-/m1/s1. The molecule has 0 heterocycles. The zero-order chi connectivity index (χ0) is 12.0. The number of hydrogen-bond donors (Lipinski definition) is 0. The van der Waals surface area contributed by atoms with Gasteiger partial charge in [0, 0.05) is 6.42 Å². The zero-order valence-corrected chi connectivity index (χ0v) is 11.6. The quantitative estimate of drug-likeness (QED) is 0.545. The Morgan fingerprint density at radius 3 is 2.38 bits per heavy atom. The summed E-state index contributed by atoms with van der Waals surface area (Å²) < 4.78 is 0. The summed E-state index contributed by atoms with van der Waals surface area (Å²) in [6, 6.07) is 10.7. The van der Waals surface area contributed by atoms with Gasteiger partial charge in [-0.1, -0.05) is 68.4 Å². The summed E-state index contributed by atoms with van der Waals surface area (Å²) in [5.41, 5.74) is 0.581. The topological polar surface area (TPSA) is 17.1 Å². The van der Waals surface area contributed by atoms with E-state index in [0.29, 0.717) is 5.54 Å². The minimum Gasteiger partial charge on any atom is -0.303 e. The molecular weight excluding hydrogens is 212 g/mol. The van der Waals surface area contributed by atoms with Crippen LogP contribution < -0.4 is 5.19 Å². The lowest BCUT2D eigenvalue weighted by atomic mass is 10.2. The van der Waals surface area contributed by atoms with Crippen LogP contribution in [0.1, 0.15) is 26.2 Å². The molecule has 0 aromatic heterocycles. The maximum Gasteiger partial charge on any atom is 0.119 e. The molecule has 16 heavy (non-hydrogen) atoms. The van der Waals surface area contributed by atoms with E-state index in [1.165, 1.54) is 18.0 Å². The van der Waals surface area contributed by atoms with Crippen molar-refractivity contribution in [3.05, 3.63) is 30.3 Å². The largest absolute Gasteiger partial charge is 0.303 e.